The lowest BCUT2D eigenvalue weighted by Gasteiger charge is -2.37. The Labute approximate surface area is 172 Å². The van der Waals surface area contributed by atoms with Crippen molar-refractivity contribution in [3.8, 4) is 5.75 Å². The van der Waals surface area contributed by atoms with Gasteiger partial charge in [0.05, 0.1) is 7.11 Å². The second-order valence-electron chi connectivity index (χ2n) is 8.75. The zero-order valence-corrected chi connectivity index (χ0v) is 17.2. The van der Waals surface area contributed by atoms with Crippen LogP contribution in [0.3, 0.4) is 0 Å². The Morgan fingerprint density at radius 3 is 2.55 bits per heavy atom. The molecule has 2 aromatic carbocycles. The minimum Gasteiger partial charge on any atom is -0.497 e. The Kier molecular flexibility index (Phi) is 6.00. The Morgan fingerprint density at radius 1 is 1.10 bits per heavy atom. The number of fused-ring (bicyclic) bond motifs is 1. The molecule has 0 heterocycles. The molecule has 0 bridgehead atoms. The standard InChI is InChI=1S/C25H30FNO2/c1-29-23-9-6-19-16-25(17-20(19)15-23)12-10-22(11-13-25)27-14-2-3-24(28)18-4-7-21(26)8-5-18/h4-9,15,22,27H,2-3,10-14,16-17H2,1H3. The Hall–Kier alpha value is -2.20. The maximum Gasteiger partial charge on any atom is 0.162 e. The van der Waals surface area contributed by atoms with Crippen molar-refractivity contribution in [1.82, 2.24) is 5.32 Å². The van der Waals surface area contributed by atoms with Crippen LogP contribution in [0.15, 0.2) is 42.5 Å². The molecule has 2 aliphatic rings. The second kappa shape index (κ2) is 8.66. The lowest BCUT2D eigenvalue weighted by molar-refractivity contribution is 0.0979. The van der Waals surface area contributed by atoms with Crippen LogP contribution in [0.1, 0.15) is 60.0 Å². The molecule has 0 aromatic heterocycles. The van der Waals surface area contributed by atoms with Crippen LogP contribution in [0, 0.1) is 11.2 Å². The highest BCUT2D eigenvalue weighted by molar-refractivity contribution is 5.95. The molecule has 0 aliphatic heterocycles. The van der Waals surface area contributed by atoms with Crippen LogP contribution in [0.5, 0.6) is 5.75 Å². The molecular formula is C25H30FNO2. The van der Waals surface area contributed by atoms with E-state index in [9.17, 15) is 9.18 Å². The Balaban J connectivity index is 1.19. The van der Waals surface area contributed by atoms with E-state index in [1.54, 1.807) is 19.2 Å². The van der Waals surface area contributed by atoms with Crippen molar-refractivity contribution in [2.24, 2.45) is 5.41 Å². The monoisotopic (exact) mass is 395 g/mol. The Morgan fingerprint density at radius 2 is 1.83 bits per heavy atom. The molecular weight excluding hydrogens is 365 g/mol. The number of halogens is 1. The number of nitrogens with one attached hydrogen (secondary N) is 1. The van der Waals surface area contributed by atoms with Crippen molar-refractivity contribution in [3.63, 3.8) is 0 Å². The summed E-state index contributed by atoms with van der Waals surface area (Å²) >= 11 is 0. The van der Waals surface area contributed by atoms with Gasteiger partial charge < -0.3 is 10.1 Å². The number of Topliss-reactive ketones (excluding diaryl/α,β-unsaturated/α-hetero) is 1. The van der Waals surface area contributed by atoms with Crippen molar-refractivity contribution in [1.29, 1.82) is 0 Å². The minimum absolute atomic E-state index is 0.0912. The number of hydrogen-bond donors (Lipinski definition) is 1. The molecule has 2 aliphatic carbocycles. The summed E-state index contributed by atoms with van der Waals surface area (Å²) in [5.41, 5.74) is 4.00. The molecule has 0 unspecified atom stereocenters. The Bertz CT molecular complexity index is 854. The normalized spacial score (nSPS) is 23.2. The first-order valence-electron chi connectivity index (χ1n) is 10.7. The van der Waals surface area contributed by atoms with E-state index in [1.807, 2.05) is 0 Å². The SMILES string of the molecule is COc1ccc2c(c1)CC1(CCC(NCCCC(=O)c3ccc(F)cc3)CC1)C2. The maximum atomic E-state index is 13.0. The average molecular weight is 396 g/mol. The predicted octanol–water partition coefficient (Wildman–Crippen LogP) is 5.11. The second-order valence-corrected chi connectivity index (χ2v) is 8.75. The number of benzene rings is 2. The molecule has 2 aromatic rings. The number of rotatable bonds is 7. The molecule has 154 valence electrons. The molecule has 3 nitrogen and oxygen atoms in total. The van der Waals surface area contributed by atoms with Gasteiger partial charge >= 0.3 is 0 Å². The van der Waals surface area contributed by atoms with E-state index in [-0.39, 0.29) is 11.6 Å². The van der Waals surface area contributed by atoms with Gasteiger partial charge in [0.2, 0.25) is 0 Å². The van der Waals surface area contributed by atoms with Gasteiger partial charge in [-0.3, -0.25) is 4.79 Å². The van der Waals surface area contributed by atoms with E-state index in [0.717, 1.165) is 18.7 Å². The van der Waals surface area contributed by atoms with Gasteiger partial charge in [-0.15, -0.1) is 0 Å². The van der Waals surface area contributed by atoms with Crippen LogP contribution in [-0.4, -0.2) is 25.5 Å². The van der Waals surface area contributed by atoms with Gasteiger partial charge in [-0.1, -0.05) is 6.07 Å². The highest BCUT2D eigenvalue weighted by atomic mass is 19.1. The van der Waals surface area contributed by atoms with E-state index < -0.39 is 0 Å². The number of carbonyl (C=O) groups is 1. The third-order valence-corrected chi connectivity index (χ3v) is 6.77. The summed E-state index contributed by atoms with van der Waals surface area (Å²) in [5.74, 6) is 0.752. The van der Waals surface area contributed by atoms with Gasteiger partial charge in [-0.05, 0) is 104 Å². The first kappa shape index (κ1) is 20.1. The molecule has 0 amide bonds. The van der Waals surface area contributed by atoms with Gasteiger partial charge in [0, 0.05) is 18.0 Å². The van der Waals surface area contributed by atoms with Gasteiger partial charge in [0.1, 0.15) is 11.6 Å². The van der Waals surface area contributed by atoms with Gasteiger partial charge in [0.25, 0.3) is 0 Å². The van der Waals surface area contributed by atoms with E-state index >= 15 is 0 Å². The molecule has 1 saturated carbocycles. The molecule has 0 radical (unpaired) electrons. The summed E-state index contributed by atoms with van der Waals surface area (Å²) < 4.78 is 18.3. The summed E-state index contributed by atoms with van der Waals surface area (Å²) in [6.45, 7) is 0.863. The first-order valence-corrected chi connectivity index (χ1v) is 10.7. The molecule has 29 heavy (non-hydrogen) atoms. The van der Waals surface area contributed by atoms with Crippen LogP contribution in [0.2, 0.25) is 0 Å². The molecule has 4 heteroatoms. The van der Waals surface area contributed by atoms with E-state index in [0.29, 0.717) is 23.4 Å². The number of ketones is 1. The van der Waals surface area contributed by atoms with Crippen molar-refractivity contribution in [3.05, 3.63) is 65.0 Å². The largest absolute Gasteiger partial charge is 0.497 e. The smallest absolute Gasteiger partial charge is 0.162 e. The van der Waals surface area contributed by atoms with Gasteiger partial charge in [-0.2, -0.15) is 0 Å². The number of ether oxygens (including phenoxy) is 1. The van der Waals surface area contributed by atoms with Crippen LogP contribution in [0.4, 0.5) is 4.39 Å². The molecule has 1 N–H and O–H groups in total. The molecule has 1 spiro atoms. The summed E-state index contributed by atoms with van der Waals surface area (Å²) in [5, 5.41) is 3.65. The number of carbonyl (C=O) groups excluding carboxylic acids is 1. The maximum absolute atomic E-state index is 13.0. The molecule has 1 fully saturated rings. The van der Waals surface area contributed by atoms with Crippen LogP contribution in [0.25, 0.3) is 0 Å². The van der Waals surface area contributed by atoms with E-state index in [4.69, 9.17) is 4.74 Å². The van der Waals surface area contributed by atoms with Crippen molar-refractivity contribution < 1.29 is 13.9 Å². The van der Waals surface area contributed by atoms with Crippen LogP contribution in [-0.2, 0) is 12.8 Å². The van der Waals surface area contributed by atoms with Crippen LogP contribution >= 0.6 is 0 Å². The summed E-state index contributed by atoms with van der Waals surface area (Å²) in [4.78, 5) is 12.2. The average Bonchev–Trinajstić information content (AvgIpc) is 3.09. The highest BCUT2D eigenvalue weighted by Gasteiger charge is 2.40. The van der Waals surface area contributed by atoms with E-state index in [1.165, 1.54) is 61.8 Å². The van der Waals surface area contributed by atoms with E-state index in [2.05, 4.69) is 23.5 Å². The molecule has 0 atom stereocenters. The highest BCUT2D eigenvalue weighted by Crippen LogP contribution is 2.47. The predicted molar refractivity (Wildman–Crippen MR) is 113 cm³/mol. The third-order valence-electron chi connectivity index (χ3n) is 6.77. The summed E-state index contributed by atoms with van der Waals surface area (Å²) in [7, 11) is 1.73. The fourth-order valence-corrected chi connectivity index (χ4v) is 5.06. The number of hydrogen-bond acceptors (Lipinski definition) is 3. The van der Waals surface area contributed by atoms with Gasteiger partial charge in [-0.25, -0.2) is 4.39 Å². The zero-order chi connectivity index (χ0) is 20.3. The lowest BCUT2D eigenvalue weighted by Crippen LogP contribution is -2.38. The molecule has 0 saturated heterocycles. The number of methoxy groups -OCH3 is 1. The van der Waals surface area contributed by atoms with Crippen molar-refractivity contribution >= 4 is 5.78 Å². The lowest BCUT2D eigenvalue weighted by atomic mass is 9.70. The fraction of sp³-hybridized carbons (Fsp3) is 0.480. The first-order chi connectivity index (χ1) is 14.1. The van der Waals surface area contributed by atoms with Gasteiger partial charge in [0.15, 0.2) is 5.78 Å². The molecule has 4 rings (SSSR count). The topological polar surface area (TPSA) is 38.3 Å². The summed E-state index contributed by atoms with van der Waals surface area (Å²) in [6.07, 6.45) is 8.64. The summed E-state index contributed by atoms with van der Waals surface area (Å²) in [6, 6.07) is 12.9. The zero-order valence-electron chi connectivity index (χ0n) is 17.2. The van der Waals surface area contributed by atoms with Crippen molar-refractivity contribution in [2.45, 2.75) is 57.4 Å². The fourth-order valence-electron chi connectivity index (χ4n) is 5.06. The third kappa shape index (κ3) is 4.69. The van der Waals surface area contributed by atoms with Crippen LogP contribution < -0.4 is 10.1 Å². The quantitative estimate of drug-likeness (QED) is 0.523. The van der Waals surface area contributed by atoms with Crippen molar-refractivity contribution in [2.75, 3.05) is 13.7 Å². The minimum atomic E-state index is -0.303.